The van der Waals surface area contributed by atoms with Gasteiger partial charge in [-0.05, 0) is 73.8 Å². The molecule has 5 rings (SSSR count). The van der Waals surface area contributed by atoms with Gasteiger partial charge in [-0.15, -0.1) is 0 Å². The molecule has 2 N–H and O–H groups in total. The van der Waals surface area contributed by atoms with E-state index in [9.17, 15) is 18.0 Å². The van der Waals surface area contributed by atoms with Crippen molar-refractivity contribution in [3.05, 3.63) is 107 Å². The third-order valence-electron chi connectivity index (χ3n) is 6.59. The number of amides is 1. The highest BCUT2D eigenvalue weighted by atomic mass is 19.4. The van der Waals surface area contributed by atoms with E-state index in [0.717, 1.165) is 44.0 Å². The van der Waals surface area contributed by atoms with Crippen molar-refractivity contribution in [2.75, 3.05) is 48.8 Å². The van der Waals surface area contributed by atoms with E-state index in [1.165, 1.54) is 17.8 Å². The van der Waals surface area contributed by atoms with Gasteiger partial charge in [-0.1, -0.05) is 17.9 Å². The van der Waals surface area contributed by atoms with Crippen LogP contribution in [0.25, 0.3) is 0 Å². The Hall–Kier alpha value is -4.88. The van der Waals surface area contributed by atoms with Crippen LogP contribution in [-0.2, 0) is 6.18 Å². The van der Waals surface area contributed by atoms with Gasteiger partial charge in [0.2, 0.25) is 5.95 Å². The second-order valence-electron chi connectivity index (χ2n) is 9.62. The molecule has 2 heterocycles. The maximum Gasteiger partial charge on any atom is 0.416 e. The maximum absolute atomic E-state index is 12.9. The number of hydrogen-bond donors (Lipinski definition) is 2. The van der Waals surface area contributed by atoms with Crippen LogP contribution in [0, 0.1) is 11.8 Å². The van der Waals surface area contributed by atoms with E-state index in [0.29, 0.717) is 22.6 Å². The minimum atomic E-state index is -4.49. The number of likely N-dealkylation sites (N-methyl/N-ethyl adjacent to an activating group) is 1. The van der Waals surface area contributed by atoms with Crippen molar-refractivity contribution in [1.29, 1.82) is 0 Å². The van der Waals surface area contributed by atoms with E-state index >= 15 is 0 Å². The summed E-state index contributed by atoms with van der Waals surface area (Å²) in [4.78, 5) is 25.9. The lowest BCUT2D eigenvalue weighted by Gasteiger charge is -2.34. The van der Waals surface area contributed by atoms with Crippen molar-refractivity contribution in [1.82, 2.24) is 14.9 Å². The smallest absolute Gasteiger partial charge is 0.369 e. The zero-order chi connectivity index (χ0) is 28.8. The number of piperazine rings is 1. The molecule has 1 saturated heterocycles. The molecule has 0 atom stereocenters. The number of anilines is 4. The molecule has 4 aromatic rings. The topological polar surface area (TPSA) is 73.4 Å². The Morgan fingerprint density at radius 2 is 1.49 bits per heavy atom. The number of carbonyl (C=O) groups is 1. The van der Waals surface area contributed by atoms with E-state index in [4.69, 9.17) is 0 Å². The predicted octanol–water partition coefficient (Wildman–Crippen LogP) is 5.64. The fourth-order valence-electron chi connectivity index (χ4n) is 4.23. The van der Waals surface area contributed by atoms with Crippen LogP contribution in [0.4, 0.5) is 36.2 Å². The molecule has 1 fully saturated rings. The molecule has 10 heteroatoms. The summed E-state index contributed by atoms with van der Waals surface area (Å²) in [6.07, 6.45) is -1.24. The van der Waals surface area contributed by atoms with Gasteiger partial charge in [-0.3, -0.25) is 4.79 Å². The van der Waals surface area contributed by atoms with Crippen LogP contribution in [0.1, 0.15) is 27.0 Å². The lowest BCUT2D eigenvalue weighted by molar-refractivity contribution is -0.137. The van der Waals surface area contributed by atoms with Crippen LogP contribution in [0.3, 0.4) is 0 Å². The number of hydrogen-bond acceptors (Lipinski definition) is 6. The molecule has 208 valence electrons. The van der Waals surface area contributed by atoms with Crippen molar-refractivity contribution in [2.45, 2.75) is 6.18 Å². The van der Waals surface area contributed by atoms with Crippen LogP contribution < -0.4 is 15.5 Å². The highest BCUT2D eigenvalue weighted by Crippen LogP contribution is 2.30. The highest BCUT2D eigenvalue weighted by Gasteiger charge is 2.30. The maximum atomic E-state index is 12.9. The third-order valence-corrected chi connectivity index (χ3v) is 6.59. The molecule has 1 amide bonds. The Kier molecular flexibility index (Phi) is 8.17. The Labute approximate surface area is 236 Å². The average molecular weight is 557 g/mol. The van der Waals surface area contributed by atoms with E-state index in [-0.39, 0.29) is 5.69 Å². The molecular formula is C31H27F3N6O. The van der Waals surface area contributed by atoms with Crippen molar-refractivity contribution >= 4 is 28.9 Å². The quantitative estimate of drug-likeness (QED) is 0.310. The Morgan fingerprint density at radius 3 is 2.15 bits per heavy atom. The summed E-state index contributed by atoms with van der Waals surface area (Å²) < 4.78 is 38.7. The number of rotatable bonds is 5. The lowest BCUT2D eigenvalue weighted by Crippen LogP contribution is -2.44. The SMILES string of the molecule is CN1CCN(c2ccc(Nc3ncc(C#Cc4ccc(C(=O)Nc5cccc(C(F)(F)F)c5)cc4)cn3)cc2)CC1. The Balaban J connectivity index is 1.15. The van der Waals surface area contributed by atoms with Gasteiger partial charge in [-0.25, -0.2) is 9.97 Å². The number of aromatic nitrogens is 2. The van der Waals surface area contributed by atoms with Crippen molar-refractivity contribution in [3.63, 3.8) is 0 Å². The fraction of sp³-hybridized carbons (Fsp3) is 0.194. The zero-order valence-electron chi connectivity index (χ0n) is 22.2. The molecule has 0 saturated carbocycles. The molecule has 1 aliphatic heterocycles. The molecule has 1 aliphatic rings. The van der Waals surface area contributed by atoms with Gasteiger partial charge in [-0.2, -0.15) is 13.2 Å². The zero-order valence-corrected chi connectivity index (χ0v) is 22.2. The molecular weight excluding hydrogens is 529 g/mol. The lowest BCUT2D eigenvalue weighted by atomic mass is 10.1. The number of alkyl halides is 3. The van der Waals surface area contributed by atoms with E-state index < -0.39 is 17.6 Å². The first kappa shape index (κ1) is 27.7. The monoisotopic (exact) mass is 556 g/mol. The van der Waals surface area contributed by atoms with Crippen molar-refractivity contribution in [3.8, 4) is 11.8 Å². The molecule has 0 radical (unpaired) electrons. The minimum Gasteiger partial charge on any atom is -0.369 e. The van der Waals surface area contributed by atoms with Crippen LogP contribution in [-0.4, -0.2) is 54.0 Å². The van der Waals surface area contributed by atoms with Gasteiger partial charge < -0.3 is 20.4 Å². The predicted molar refractivity (Wildman–Crippen MR) is 153 cm³/mol. The summed E-state index contributed by atoms with van der Waals surface area (Å²) in [5.74, 6) is 5.92. The molecule has 0 aliphatic carbocycles. The first-order chi connectivity index (χ1) is 19.7. The number of benzene rings is 3. The van der Waals surface area contributed by atoms with Gasteiger partial charge in [0.05, 0.1) is 11.1 Å². The fourth-order valence-corrected chi connectivity index (χ4v) is 4.23. The summed E-state index contributed by atoms with van der Waals surface area (Å²) in [6.45, 7) is 4.13. The van der Waals surface area contributed by atoms with E-state index in [1.807, 2.05) is 12.1 Å². The molecule has 0 bridgehead atoms. The van der Waals surface area contributed by atoms with Gasteiger partial charge in [0.25, 0.3) is 5.91 Å². The molecule has 41 heavy (non-hydrogen) atoms. The molecule has 0 unspecified atom stereocenters. The largest absolute Gasteiger partial charge is 0.416 e. The van der Waals surface area contributed by atoms with Crippen LogP contribution in [0.2, 0.25) is 0 Å². The summed E-state index contributed by atoms with van der Waals surface area (Å²) in [5.41, 5.74) is 2.88. The number of nitrogens with one attached hydrogen (secondary N) is 2. The van der Waals surface area contributed by atoms with E-state index in [1.54, 1.807) is 36.7 Å². The highest BCUT2D eigenvalue weighted by molar-refractivity contribution is 6.04. The normalized spacial score (nSPS) is 13.7. The number of nitrogens with zero attached hydrogens (tertiary/aromatic N) is 4. The van der Waals surface area contributed by atoms with Crippen molar-refractivity contribution < 1.29 is 18.0 Å². The van der Waals surface area contributed by atoms with Crippen LogP contribution >= 0.6 is 0 Å². The first-order valence-corrected chi connectivity index (χ1v) is 13.0. The summed E-state index contributed by atoms with van der Waals surface area (Å²) in [7, 11) is 2.14. The van der Waals surface area contributed by atoms with Crippen LogP contribution in [0.15, 0.2) is 85.2 Å². The average Bonchev–Trinajstić information content (AvgIpc) is 2.98. The van der Waals surface area contributed by atoms with Gasteiger partial charge >= 0.3 is 6.18 Å². The van der Waals surface area contributed by atoms with Crippen molar-refractivity contribution in [2.24, 2.45) is 0 Å². The Morgan fingerprint density at radius 1 is 0.829 bits per heavy atom. The number of carbonyl (C=O) groups excluding carboxylic acids is 1. The van der Waals surface area contributed by atoms with Gasteiger partial charge in [0.15, 0.2) is 0 Å². The molecule has 7 nitrogen and oxygen atoms in total. The summed E-state index contributed by atoms with van der Waals surface area (Å²) in [6, 6.07) is 19.1. The molecule has 3 aromatic carbocycles. The van der Waals surface area contributed by atoms with Gasteiger partial charge in [0.1, 0.15) is 0 Å². The molecule has 1 aromatic heterocycles. The Bertz CT molecular complexity index is 1550. The summed E-state index contributed by atoms with van der Waals surface area (Å²) >= 11 is 0. The second-order valence-corrected chi connectivity index (χ2v) is 9.62. The summed E-state index contributed by atoms with van der Waals surface area (Å²) in [5, 5.41) is 5.68. The number of halogens is 3. The van der Waals surface area contributed by atoms with Gasteiger partial charge in [0, 0.05) is 66.8 Å². The first-order valence-electron chi connectivity index (χ1n) is 13.0. The molecule has 0 spiro atoms. The second kappa shape index (κ2) is 12.1. The third kappa shape index (κ3) is 7.41. The van der Waals surface area contributed by atoms with E-state index in [2.05, 4.69) is 61.4 Å². The van der Waals surface area contributed by atoms with Crippen LogP contribution in [0.5, 0.6) is 0 Å². The standard InChI is InChI=1S/C31H27F3N6O/c1-39-15-17-40(18-16-39)28-13-11-26(12-14-28)38-30-35-20-23(21-36-30)6-5-22-7-9-24(10-8-22)29(41)37-27-4-2-3-25(19-27)31(32,33)34/h2-4,7-14,19-21H,15-18H2,1H3,(H,37,41)(H,35,36,38). The minimum absolute atomic E-state index is 0.0642.